The highest BCUT2D eigenvalue weighted by atomic mass is 35.5. The minimum absolute atomic E-state index is 0.134. The summed E-state index contributed by atoms with van der Waals surface area (Å²) >= 11 is 5.96. The molecule has 0 aromatic heterocycles. The number of rotatable bonds is 6. The number of hydrogen-bond acceptors (Lipinski definition) is 4. The second-order valence-corrected chi connectivity index (χ2v) is 5.86. The van der Waals surface area contributed by atoms with E-state index in [-0.39, 0.29) is 12.5 Å². The molecule has 0 aliphatic carbocycles. The molecule has 1 N–H and O–H groups in total. The van der Waals surface area contributed by atoms with Crippen LogP contribution in [0.1, 0.15) is 15.9 Å². The van der Waals surface area contributed by atoms with Crippen LogP contribution in [-0.4, -0.2) is 37.5 Å². The van der Waals surface area contributed by atoms with Gasteiger partial charge >= 0.3 is 5.97 Å². The third-order valence-electron chi connectivity index (χ3n) is 3.34. The lowest BCUT2D eigenvalue weighted by Crippen LogP contribution is -2.29. The van der Waals surface area contributed by atoms with Gasteiger partial charge in [0.25, 0.3) is 0 Å². The van der Waals surface area contributed by atoms with E-state index in [0.717, 1.165) is 5.56 Å². The van der Waals surface area contributed by atoms with Crippen LogP contribution in [0, 0.1) is 0 Å². The molecule has 24 heavy (non-hydrogen) atoms. The van der Waals surface area contributed by atoms with Crippen LogP contribution in [0.25, 0.3) is 0 Å². The highest BCUT2D eigenvalue weighted by molar-refractivity contribution is 6.30. The molecule has 2 aromatic carbocycles. The van der Waals surface area contributed by atoms with Gasteiger partial charge in [-0.2, -0.15) is 0 Å². The standard InChI is InChI=1S/C18H19ClN2O3/c1-21(11-13-4-3-5-15(19)10-13)12-17(22)20-16-8-6-14(7-9-16)18(23)24-2/h3-10H,11-12H2,1-2H3,(H,20,22). The normalized spacial score (nSPS) is 10.5. The Kier molecular flexibility index (Phi) is 6.35. The van der Waals surface area contributed by atoms with Gasteiger partial charge in [0.15, 0.2) is 0 Å². The fourth-order valence-corrected chi connectivity index (χ4v) is 2.47. The summed E-state index contributed by atoms with van der Waals surface area (Å²) in [5.74, 6) is -0.542. The van der Waals surface area contributed by atoms with Crippen molar-refractivity contribution in [1.82, 2.24) is 4.90 Å². The summed E-state index contributed by atoms with van der Waals surface area (Å²) in [6, 6.07) is 14.1. The number of halogens is 1. The van der Waals surface area contributed by atoms with Crippen molar-refractivity contribution in [1.29, 1.82) is 0 Å². The van der Waals surface area contributed by atoms with E-state index < -0.39 is 5.97 Å². The lowest BCUT2D eigenvalue weighted by Gasteiger charge is -2.16. The molecule has 0 saturated heterocycles. The second kappa shape index (κ2) is 8.47. The van der Waals surface area contributed by atoms with Crippen molar-refractivity contribution in [3.05, 3.63) is 64.7 Å². The van der Waals surface area contributed by atoms with Gasteiger partial charge < -0.3 is 10.1 Å². The van der Waals surface area contributed by atoms with Crippen molar-refractivity contribution >= 4 is 29.2 Å². The van der Waals surface area contributed by atoms with E-state index in [0.29, 0.717) is 22.8 Å². The van der Waals surface area contributed by atoms with Crippen molar-refractivity contribution < 1.29 is 14.3 Å². The van der Waals surface area contributed by atoms with E-state index in [9.17, 15) is 9.59 Å². The van der Waals surface area contributed by atoms with Crippen LogP contribution in [0.2, 0.25) is 5.02 Å². The van der Waals surface area contributed by atoms with E-state index >= 15 is 0 Å². The zero-order valence-electron chi connectivity index (χ0n) is 13.6. The first-order valence-electron chi connectivity index (χ1n) is 7.39. The van der Waals surface area contributed by atoms with Crippen molar-refractivity contribution in [2.75, 3.05) is 26.0 Å². The molecule has 0 heterocycles. The van der Waals surface area contributed by atoms with Gasteiger partial charge in [0.2, 0.25) is 5.91 Å². The molecule has 2 aromatic rings. The van der Waals surface area contributed by atoms with Crippen molar-refractivity contribution in [3.63, 3.8) is 0 Å². The van der Waals surface area contributed by atoms with Crippen molar-refractivity contribution in [2.45, 2.75) is 6.54 Å². The second-order valence-electron chi connectivity index (χ2n) is 5.42. The molecule has 0 unspecified atom stereocenters. The quantitative estimate of drug-likeness (QED) is 0.816. The number of hydrogen-bond donors (Lipinski definition) is 1. The van der Waals surface area contributed by atoms with Crippen LogP contribution in [-0.2, 0) is 16.1 Å². The molecule has 5 nitrogen and oxygen atoms in total. The zero-order valence-corrected chi connectivity index (χ0v) is 14.3. The van der Waals surface area contributed by atoms with Gasteiger partial charge in [0, 0.05) is 17.3 Å². The van der Waals surface area contributed by atoms with Crippen LogP contribution in [0.3, 0.4) is 0 Å². The SMILES string of the molecule is COC(=O)c1ccc(NC(=O)CN(C)Cc2cccc(Cl)c2)cc1. The molecule has 0 fully saturated rings. The highest BCUT2D eigenvalue weighted by Crippen LogP contribution is 2.13. The Labute approximate surface area is 146 Å². The number of anilines is 1. The third kappa shape index (κ3) is 5.37. The molecule has 0 spiro atoms. The maximum atomic E-state index is 12.1. The van der Waals surface area contributed by atoms with Crippen LogP contribution in [0.5, 0.6) is 0 Å². The van der Waals surface area contributed by atoms with Gasteiger partial charge in [-0.15, -0.1) is 0 Å². The number of esters is 1. The molecule has 0 radical (unpaired) electrons. The smallest absolute Gasteiger partial charge is 0.337 e. The zero-order chi connectivity index (χ0) is 17.5. The number of likely N-dealkylation sites (N-methyl/N-ethyl adjacent to an activating group) is 1. The highest BCUT2D eigenvalue weighted by Gasteiger charge is 2.09. The van der Waals surface area contributed by atoms with Crippen LogP contribution in [0.15, 0.2) is 48.5 Å². The average molecular weight is 347 g/mol. The molecule has 0 saturated carbocycles. The number of nitrogens with one attached hydrogen (secondary N) is 1. The van der Waals surface area contributed by atoms with Gasteiger partial charge in [-0.05, 0) is 49.0 Å². The van der Waals surface area contributed by atoms with Crippen LogP contribution in [0.4, 0.5) is 5.69 Å². The van der Waals surface area contributed by atoms with E-state index in [4.69, 9.17) is 11.6 Å². The summed E-state index contributed by atoms with van der Waals surface area (Å²) in [7, 11) is 3.19. The Hall–Kier alpha value is -2.37. The summed E-state index contributed by atoms with van der Waals surface area (Å²) < 4.78 is 4.63. The summed E-state index contributed by atoms with van der Waals surface area (Å²) in [5, 5.41) is 3.47. The fraction of sp³-hybridized carbons (Fsp3) is 0.222. The predicted octanol–water partition coefficient (Wildman–Crippen LogP) is 3.20. The monoisotopic (exact) mass is 346 g/mol. The van der Waals surface area contributed by atoms with Gasteiger partial charge in [-0.1, -0.05) is 23.7 Å². The maximum Gasteiger partial charge on any atom is 0.337 e. The molecular weight excluding hydrogens is 328 g/mol. The lowest BCUT2D eigenvalue weighted by molar-refractivity contribution is -0.117. The fourth-order valence-electron chi connectivity index (χ4n) is 2.26. The number of ether oxygens (including phenoxy) is 1. The molecule has 6 heteroatoms. The molecule has 0 aliphatic rings. The number of nitrogens with zero attached hydrogens (tertiary/aromatic N) is 1. The summed E-state index contributed by atoms with van der Waals surface area (Å²) in [5.41, 5.74) is 2.11. The Morgan fingerprint density at radius 2 is 1.88 bits per heavy atom. The van der Waals surface area contributed by atoms with Gasteiger partial charge in [-0.3, -0.25) is 9.69 Å². The number of benzene rings is 2. The first-order valence-corrected chi connectivity index (χ1v) is 7.77. The first kappa shape index (κ1) is 18.0. The van der Waals surface area contributed by atoms with Crippen LogP contribution >= 0.6 is 11.6 Å². The summed E-state index contributed by atoms with van der Waals surface area (Å²) in [4.78, 5) is 25.3. The maximum absolute atomic E-state index is 12.1. The Balaban J connectivity index is 1.87. The topological polar surface area (TPSA) is 58.6 Å². The summed E-state index contributed by atoms with van der Waals surface area (Å²) in [6.45, 7) is 0.862. The van der Waals surface area contributed by atoms with E-state index in [1.54, 1.807) is 24.3 Å². The predicted molar refractivity (Wildman–Crippen MR) is 94.2 cm³/mol. The van der Waals surface area contributed by atoms with E-state index in [1.165, 1.54) is 7.11 Å². The number of amides is 1. The molecule has 1 amide bonds. The van der Waals surface area contributed by atoms with Crippen molar-refractivity contribution in [3.8, 4) is 0 Å². The Morgan fingerprint density at radius 3 is 2.50 bits per heavy atom. The van der Waals surface area contributed by atoms with Gasteiger partial charge in [-0.25, -0.2) is 4.79 Å². The van der Waals surface area contributed by atoms with Crippen molar-refractivity contribution in [2.24, 2.45) is 0 Å². The molecular formula is C18H19ClN2O3. The first-order chi connectivity index (χ1) is 11.5. The molecule has 2 rings (SSSR count). The average Bonchev–Trinajstić information content (AvgIpc) is 2.54. The van der Waals surface area contributed by atoms with Gasteiger partial charge in [0.05, 0.1) is 19.2 Å². The van der Waals surface area contributed by atoms with E-state index in [1.807, 2.05) is 36.2 Å². The summed E-state index contributed by atoms with van der Waals surface area (Å²) in [6.07, 6.45) is 0. The number of methoxy groups -OCH3 is 1. The largest absolute Gasteiger partial charge is 0.465 e. The molecule has 126 valence electrons. The Bertz CT molecular complexity index is 716. The molecule has 0 atom stereocenters. The number of carbonyl (C=O) groups is 2. The minimum atomic E-state index is -0.408. The Morgan fingerprint density at radius 1 is 1.17 bits per heavy atom. The molecule has 0 bridgehead atoms. The molecule has 0 aliphatic heterocycles. The minimum Gasteiger partial charge on any atom is -0.465 e. The van der Waals surface area contributed by atoms with Crippen LogP contribution < -0.4 is 5.32 Å². The number of carbonyl (C=O) groups excluding carboxylic acids is 2. The van der Waals surface area contributed by atoms with E-state index in [2.05, 4.69) is 10.1 Å². The lowest BCUT2D eigenvalue weighted by atomic mass is 10.2. The third-order valence-corrected chi connectivity index (χ3v) is 3.58. The van der Waals surface area contributed by atoms with Gasteiger partial charge in [0.1, 0.15) is 0 Å².